The summed E-state index contributed by atoms with van der Waals surface area (Å²) in [5, 5.41) is 4.07. The first-order valence-corrected chi connectivity index (χ1v) is 7.12. The number of hydrogen-bond acceptors (Lipinski definition) is 3. The molecule has 3 nitrogen and oxygen atoms in total. The predicted molar refractivity (Wildman–Crippen MR) is 77.8 cm³/mol. The van der Waals surface area contributed by atoms with E-state index in [9.17, 15) is 4.79 Å². The number of ether oxygens (including phenoxy) is 1. The molecule has 1 N–H and O–H groups in total. The largest absolute Gasteiger partial charge is 0.465 e. The van der Waals surface area contributed by atoms with Gasteiger partial charge in [-0.2, -0.15) is 0 Å². The number of methoxy groups -OCH3 is 1. The van der Waals surface area contributed by atoms with Crippen molar-refractivity contribution in [2.45, 2.75) is 38.6 Å². The van der Waals surface area contributed by atoms with Crippen LogP contribution in [0.5, 0.6) is 0 Å². The molecule has 0 heterocycles. The molecule has 1 aromatic carbocycles. The minimum absolute atomic E-state index is 0.330. The molecular formula is C15H20ClNO2. The predicted octanol–water partition coefficient (Wildman–Crippen LogP) is 4.12. The smallest absolute Gasteiger partial charge is 0.339 e. The number of carbonyl (C=O) groups excluding carboxylic acids is 1. The molecule has 1 aliphatic rings. The third kappa shape index (κ3) is 3.63. The van der Waals surface area contributed by atoms with Crippen LogP contribution in [0.15, 0.2) is 18.2 Å². The highest BCUT2D eigenvalue weighted by molar-refractivity contribution is 6.31. The zero-order valence-corrected chi connectivity index (χ0v) is 12.2. The fourth-order valence-corrected chi connectivity index (χ4v) is 2.72. The Kier molecular flexibility index (Phi) is 4.70. The molecule has 0 atom stereocenters. The normalized spacial score (nSPS) is 22.9. The average Bonchev–Trinajstić information content (AvgIpc) is 2.41. The van der Waals surface area contributed by atoms with E-state index in [-0.39, 0.29) is 5.97 Å². The first-order valence-electron chi connectivity index (χ1n) is 6.74. The monoisotopic (exact) mass is 281 g/mol. The van der Waals surface area contributed by atoms with Gasteiger partial charge in [0.2, 0.25) is 0 Å². The standard InChI is InChI=1S/C15H20ClNO2/c1-10-3-6-12(7-4-10)17-14-9-11(16)5-8-13(14)15(18)19-2/h5,8-10,12,17H,3-4,6-7H2,1-2H3. The Morgan fingerprint density at radius 3 is 2.63 bits per heavy atom. The van der Waals surface area contributed by atoms with E-state index in [1.54, 1.807) is 18.2 Å². The van der Waals surface area contributed by atoms with Gasteiger partial charge in [-0.3, -0.25) is 0 Å². The summed E-state index contributed by atoms with van der Waals surface area (Å²) in [5.41, 5.74) is 1.32. The van der Waals surface area contributed by atoms with E-state index in [0.717, 1.165) is 24.4 Å². The Morgan fingerprint density at radius 1 is 1.32 bits per heavy atom. The van der Waals surface area contributed by atoms with Gasteiger partial charge in [-0.05, 0) is 49.8 Å². The molecule has 0 aliphatic heterocycles. The Bertz CT molecular complexity index is 453. The van der Waals surface area contributed by atoms with Crippen molar-refractivity contribution < 1.29 is 9.53 Å². The molecule has 0 radical (unpaired) electrons. The summed E-state index contributed by atoms with van der Waals surface area (Å²) < 4.78 is 4.80. The van der Waals surface area contributed by atoms with Crippen LogP contribution in [0.25, 0.3) is 0 Å². The fourth-order valence-electron chi connectivity index (χ4n) is 2.55. The minimum atomic E-state index is -0.330. The Morgan fingerprint density at radius 2 is 2.00 bits per heavy atom. The maximum atomic E-state index is 11.7. The highest BCUT2D eigenvalue weighted by Crippen LogP contribution is 2.28. The quantitative estimate of drug-likeness (QED) is 0.847. The molecule has 2 rings (SSSR count). The zero-order chi connectivity index (χ0) is 13.8. The minimum Gasteiger partial charge on any atom is -0.465 e. The van der Waals surface area contributed by atoms with Crippen molar-refractivity contribution in [1.82, 2.24) is 0 Å². The molecule has 4 heteroatoms. The average molecular weight is 282 g/mol. The van der Waals surface area contributed by atoms with Crippen LogP contribution >= 0.6 is 11.6 Å². The van der Waals surface area contributed by atoms with E-state index in [1.807, 2.05) is 0 Å². The molecule has 104 valence electrons. The van der Waals surface area contributed by atoms with Crippen LogP contribution in [-0.2, 0) is 4.74 Å². The number of esters is 1. The maximum absolute atomic E-state index is 11.7. The van der Waals surface area contributed by atoms with Gasteiger partial charge in [-0.25, -0.2) is 4.79 Å². The van der Waals surface area contributed by atoms with Gasteiger partial charge in [-0.1, -0.05) is 18.5 Å². The molecule has 0 bridgehead atoms. The molecule has 0 saturated heterocycles. The van der Waals surface area contributed by atoms with Crippen molar-refractivity contribution in [3.63, 3.8) is 0 Å². The number of anilines is 1. The summed E-state index contributed by atoms with van der Waals surface area (Å²) in [4.78, 5) is 11.7. The Hall–Kier alpha value is -1.22. The fraction of sp³-hybridized carbons (Fsp3) is 0.533. The van der Waals surface area contributed by atoms with Crippen molar-refractivity contribution >= 4 is 23.3 Å². The molecule has 1 saturated carbocycles. The summed E-state index contributed by atoms with van der Waals surface area (Å²) in [5.74, 6) is 0.473. The maximum Gasteiger partial charge on any atom is 0.339 e. The van der Waals surface area contributed by atoms with Gasteiger partial charge in [0, 0.05) is 11.1 Å². The number of benzene rings is 1. The van der Waals surface area contributed by atoms with E-state index in [2.05, 4.69) is 12.2 Å². The molecule has 0 unspecified atom stereocenters. The van der Waals surface area contributed by atoms with Gasteiger partial charge in [0.15, 0.2) is 0 Å². The lowest BCUT2D eigenvalue weighted by atomic mass is 9.87. The first-order chi connectivity index (χ1) is 9.10. The third-order valence-corrected chi connectivity index (χ3v) is 4.00. The van der Waals surface area contributed by atoms with Crippen LogP contribution < -0.4 is 5.32 Å². The summed E-state index contributed by atoms with van der Waals surface area (Å²) in [7, 11) is 1.39. The van der Waals surface area contributed by atoms with Crippen molar-refractivity contribution in [2.75, 3.05) is 12.4 Å². The van der Waals surface area contributed by atoms with Gasteiger partial charge in [0.25, 0.3) is 0 Å². The van der Waals surface area contributed by atoms with E-state index in [1.165, 1.54) is 20.0 Å². The topological polar surface area (TPSA) is 38.3 Å². The highest BCUT2D eigenvalue weighted by atomic mass is 35.5. The number of hydrogen-bond donors (Lipinski definition) is 1. The van der Waals surface area contributed by atoms with Crippen LogP contribution in [-0.4, -0.2) is 19.1 Å². The summed E-state index contributed by atoms with van der Waals surface area (Å²) >= 11 is 6.01. The van der Waals surface area contributed by atoms with Gasteiger partial charge < -0.3 is 10.1 Å². The number of halogens is 1. The second-order valence-electron chi connectivity index (χ2n) is 5.28. The van der Waals surface area contributed by atoms with E-state index >= 15 is 0 Å². The summed E-state index contributed by atoms with van der Waals surface area (Å²) in [6.07, 6.45) is 4.72. The molecule has 0 amide bonds. The number of nitrogens with one attached hydrogen (secondary N) is 1. The molecule has 1 aliphatic carbocycles. The second kappa shape index (κ2) is 6.29. The second-order valence-corrected chi connectivity index (χ2v) is 5.72. The molecule has 0 aromatic heterocycles. The molecule has 0 spiro atoms. The Labute approximate surface area is 119 Å². The van der Waals surface area contributed by atoms with Crippen molar-refractivity contribution in [2.24, 2.45) is 5.92 Å². The number of rotatable bonds is 3. The van der Waals surface area contributed by atoms with Gasteiger partial charge in [0.05, 0.1) is 18.4 Å². The lowest BCUT2D eigenvalue weighted by Gasteiger charge is -2.28. The first kappa shape index (κ1) is 14.2. The Balaban J connectivity index is 2.14. The van der Waals surface area contributed by atoms with Crippen LogP contribution in [0.1, 0.15) is 43.0 Å². The van der Waals surface area contributed by atoms with Crippen molar-refractivity contribution in [1.29, 1.82) is 0 Å². The van der Waals surface area contributed by atoms with Crippen LogP contribution in [0.4, 0.5) is 5.69 Å². The summed E-state index contributed by atoms with van der Waals surface area (Å²) in [6.45, 7) is 2.29. The van der Waals surface area contributed by atoms with Gasteiger partial charge in [-0.15, -0.1) is 0 Å². The van der Waals surface area contributed by atoms with Crippen LogP contribution in [0, 0.1) is 5.92 Å². The van der Waals surface area contributed by atoms with Crippen LogP contribution in [0.2, 0.25) is 5.02 Å². The van der Waals surface area contributed by atoms with Crippen molar-refractivity contribution in [3.8, 4) is 0 Å². The van der Waals surface area contributed by atoms with E-state index in [4.69, 9.17) is 16.3 Å². The lowest BCUT2D eigenvalue weighted by Crippen LogP contribution is -2.26. The molecule has 1 fully saturated rings. The lowest BCUT2D eigenvalue weighted by molar-refractivity contribution is 0.0602. The zero-order valence-electron chi connectivity index (χ0n) is 11.4. The number of carbonyl (C=O) groups is 1. The SMILES string of the molecule is COC(=O)c1ccc(Cl)cc1NC1CCC(C)CC1. The third-order valence-electron chi connectivity index (χ3n) is 3.76. The van der Waals surface area contributed by atoms with Gasteiger partial charge >= 0.3 is 5.97 Å². The van der Waals surface area contributed by atoms with Crippen molar-refractivity contribution in [3.05, 3.63) is 28.8 Å². The highest BCUT2D eigenvalue weighted by Gasteiger charge is 2.20. The molecule has 1 aromatic rings. The molecule has 19 heavy (non-hydrogen) atoms. The van der Waals surface area contributed by atoms with Crippen LogP contribution in [0.3, 0.4) is 0 Å². The summed E-state index contributed by atoms with van der Waals surface area (Å²) in [6, 6.07) is 5.63. The van der Waals surface area contributed by atoms with Gasteiger partial charge in [0.1, 0.15) is 0 Å². The van der Waals surface area contributed by atoms with E-state index in [0.29, 0.717) is 16.6 Å². The molecular weight excluding hydrogens is 262 g/mol. The van der Waals surface area contributed by atoms with E-state index < -0.39 is 0 Å².